The van der Waals surface area contributed by atoms with Gasteiger partial charge in [0.2, 0.25) is 0 Å². The van der Waals surface area contributed by atoms with Crippen LogP contribution in [0.3, 0.4) is 0 Å². The van der Waals surface area contributed by atoms with Crippen molar-refractivity contribution in [3.8, 4) is 0 Å². The summed E-state index contributed by atoms with van der Waals surface area (Å²) in [6.07, 6.45) is 6.38. The van der Waals surface area contributed by atoms with Crippen molar-refractivity contribution >= 4 is 27.3 Å². The number of unbranched alkanes of at least 4 members (excludes halogenated alkanes) is 4. The van der Waals surface area contributed by atoms with Gasteiger partial charge in [0.05, 0.1) is 0 Å². The monoisotopic (exact) mass is 304 g/mol. The minimum absolute atomic E-state index is 0.839. The van der Waals surface area contributed by atoms with Crippen LogP contribution in [0.15, 0.2) is 15.9 Å². The van der Waals surface area contributed by atoms with Crippen LogP contribution in [0.2, 0.25) is 0 Å². The van der Waals surface area contributed by atoms with E-state index in [0.717, 1.165) is 19.6 Å². The van der Waals surface area contributed by atoms with E-state index in [1.54, 1.807) is 11.3 Å². The van der Waals surface area contributed by atoms with E-state index in [2.05, 4.69) is 32.7 Å². The van der Waals surface area contributed by atoms with Crippen molar-refractivity contribution in [2.45, 2.75) is 38.6 Å². The molecule has 0 aliphatic heterocycles. The topological polar surface area (TPSA) is 38.0 Å². The van der Waals surface area contributed by atoms with E-state index < -0.39 is 0 Å². The fourth-order valence-corrected chi connectivity index (χ4v) is 3.00. The van der Waals surface area contributed by atoms with Crippen LogP contribution >= 0.6 is 27.3 Å². The van der Waals surface area contributed by atoms with E-state index in [0.29, 0.717) is 0 Å². The Kier molecular flexibility index (Phi) is 8.11. The van der Waals surface area contributed by atoms with Crippen molar-refractivity contribution < 1.29 is 0 Å². The summed E-state index contributed by atoms with van der Waals surface area (Å²) >= 11 is 5.26. The smallest absolute Gasteiger partial charge is 0.0300 e. The SMILES string of the molecule is NCCCCCCCNCc1cc(Br)cs1. The van der Waals surface area contributed by atoms with Crippen LogP contribution in [0.25, 0.3) is 0 Å². The van der Waals surface area contributed by atoms with Gasteiger partial charge in [-0.25, -0.2) is 0 Å². The van der Waals surface area contributed by atoms with Crippen molar-refractivity contribution in [3.05, 3.63) is 20.8 Å². The predicted octanol–water partition coefficient (Wildman–Crippen LogP) is 3.51. The Balaban J connectivity index is 1.88. The lowest BCUT2D eigenvalue weighted by Crippen LogP contribution is -2.13. The standard InChI is InChI=1S/C12H21BrN2S/c13-11-8-12(16-10-11)9-15-7-5-3-1-2-4-6-14/h8,10,15H,1-7,9,14H2. The van der Waals surface area contributed by atoms with Crippen molar-refractivity contribution in [1.82, 2.24) is 5.32 Å². The molecule has 0 unspecified atom stereocenters. The Hall–Kier alpha value is 0.1000. The molecule has 1 aromatic rings. The Labute approximate surface area is 111 Å². The third-order valence-electron chi connectivity index (χ3n) is 2.48. The summed E-state index contributed by atoms with van der Waals surface area (Å²) in [7, 11) is 0. The Morgan fingerprint density at radius 2 is 1.94 bits per heavy atom. The first kappa shape index (κ1) is 14.2. The summed E-state index contributed by atoms with van der Waals surface area (Å²) in [4.78, 5) is 1.40. The van der Waals surface area contributed by atoms with E-state index in [1.807, 2.05) is 0 Å². The van der Waals surface area contributed by atoms with E-state index >= 15 is 0 Å². The Morgan fingerprint density at radius 3 is 2.62 bits per heavy atom. The summed E-state index contributed by atoms with van der Waals surface area (Å²) in [5.41, 5.74) is 5.44. The van der Waals surface area contributed by atoms with Gasteiger partial charge in [-0.3, -0.25) is 0 Å². The molecule has 0 saturated carbocycles. The fraction of sp³-hybridized carbons (Fsp3) is 0.667. The highest BCUT2D eigenvalue weighted by molar-refractivity contribution is 9.10. The molecule has 2 nitrogen and oxygen atoms in total. The van der Waals surface area contributed by atoms with Crippen LogP contribution in [0.5, 0.6) is 0 Å². The number of halogens is 1. The van der Waals surface area contributed by atoms with Crippen LogP contribution in [-0.2, 0) is 6.54 Å². The lowest BCUT2D eigenvalue weighted by Gasteiger charge is -2.03. The molecule has 92 valence electrons. The second-order valence-corrected chi connectivity index (χ2v) is 5.88. The molecule has 0 spiro atoms. The normalized spacial score (nSPS) is 10.9. The quantitative estimate of drug-likeness (QED) is 0.685. The number of hydrogen-bond donors (Lipinski definition) is 2. The lowest BCUT2D eigenvalue weighted by atomic mass is 10.1. The lowest BCUT2D eigenvalue weighted by molar-refractivity contribution is 0.579. The molecule has 1 aromatic heterocycles. The molecular formula is C12H21BrN2S. The molecular weight excluding hydrogens is 284 g/mol. The predicted molar refractivity (Wildman–Crippen MR) is 75.9 cm³/mol. The van der Waals surface area contributed by atoms with Crippen LogP contribution < -0.4 is 11.1 Å². The Bertz CT molecular complexity index is 276. The first-order valence-corrected chi connectivity index (χ1v) is 7.64. The Morgan fingerprint density at radius 1 is 1.19 bits per heavy atom. The summed E-state index contributed by atoms with van der Waals surface area (Å²) in [6, 6.07) is 2.18. The molecule has 3 N–H and O–H groups in total. The highest BCUT2D eigenvalue weighted by Gasteiger charge is 1.96. The van der Waals surface area contributed by atoms with E-state index in [4.69, 9.17) is 5.73 Å². The zero-order chi connectivity index (χ0) is 11.6. The molecule has 0 atom stereocenters. The first-order valence-electron chi connectivity index (χ1n) is 5.96. The van der Waals surface area contributed by atoms with Crippen LogP contribution in [0.1, 0.15) is 37.0 Å². The van der Waals surface area contributed by atoms with Gasteiger partial charge in [0, 0.05) is 21.3 Å². The largest absolute Gasteiger partial charge is 0.330 e. The third-order valence-corrected chi connectivity index (χ3v) is 4.18. The number of hydrogen-bond acceptors (Lipinski definition) is 3. The maximum Gasteiger partial charge on any atom is 0.0300 e. The van der Waals surface area contributed by atoms with Gasteiger partial charge >= 0.3 is 0 Å². The van der Waals surface area contributed by atoms with Crippen LogP contribution in [0.4, 0.5) is 0 Å². The van der Waals surface area contributed by atoms with Crippen molar-refractivity contribution in [1.29, 1.82) is 0 Å². The van der Waals surface area contributed by atoms with Gasteiger partial charge in [0.25, 0.3) is 0 Å². The van der Waals surface area contributed by atoms with Crippen molar-refractivity contribution in [2.75, 3.05) is 13.1 Å². The van der Waals surface area contributed by atoms with Gasteiger partial charge < -0.3 is 11.1 Å². The first-order chi connectivity index (χ1) is 7.83. The molecule has 16 heavy (non-hydrogen) atoms. The summed E-state index contributed by atoms with van der Waals surface area (Å²) < 4.78 is 1.19. The summed E-state index contributed by atoms with van der Waals surface area (Å²) in [5.74, 6) is 0. The van der Waals surface area contributed by atoms with Gasteiger partial charge in [0.15, 0.2) is 0 Å². The van der Waals surface area contributed by atoms with Crippen LogP contribution in [0, 0.1) is 0 Å². The zero-order valence-corrected chi connectivity index (χ0v) is 12.1. The van der Waals surface area contributed by atoms with E-state index in [9.17, 15) is 0 Å². The third kappa shape index (κ3) is 6.63. The summed E-state index contributed by atoms with van der Waals surface area (Å²) in [6.45, 7) is 2.96. The van der Waals surface area contributed by atoms with E-state index in [1.165, 1.54) is 41.5 Å². The number of rotatable bonds is 9. The second kappa shape index (κ2) is 9.16. The van der Waals surface area contributed by atoms with Crippen LogP contribution in [-0.4, -0.2) is 13.1 Å². The maximum atomic E-state index is 5.44. The molecule has 0 bridgehead atoms. The molecule has 0 saturated heterocycles. The second-order valence-electron chi connectivity index (χ2n) is 3.96. The maximum absolute atomic E-state index is 5.44. The molecule has 0 aliphatic rings. The van der Waals surface area contributed by atoms with Gasteiger partial charge in [0.1, 0.15) is 0 Å². The number of nitrogens with two attached hydrogens (primary N) is 1. The minimum atomic E-state index is 0.839. The number of nitrogens with one attached hydrogen (secondary N) is 1. The molecule has 0 radical (unpaired) electrons. The number of thiophene rings is 1. The average Bonchev–Trinajstić information content (AvgIpc) is 2.68. The minimum Gasteiger partial charge on any atom is -0.330 e. The van der Waals surface area contributed by atoms with Crippen molar-refractivity contribution in [3.63, 3.8) is 0 Å². The molecule has 1 heterocycles. The molecule has 0 amide bonds. The van der Waals surface area contributed by atoms with Gasteiger partial charge in [-0.05, 0) is 47.9 Å². The van der Waals surface area contributed by atoms with Gasteiger partial charge in [-0.1, -0.05) is 19.3 Å². The molecule has 4 heteroatoms. The van der Waals surface area contributed by atoms with Crippen molar-refractivity contribution in [2.24, 2.45) is 5.73 Å². The molecule has 0 aromatic carbocycles. The molecule has 0 fully saturated rings. The van der Waals surface area contributed by atoms with Gasteiger partial charge in [-0.2, -0.15) is 0 Å². The van der Waals surface area contributed by atoms with E-state index in [-0.39, 0.29) is 0 Å². The van der Waals surface area contributed by atoms with Gasteiger partial charge in [-0.15, -0.1) is 11.3 Å². The fourth-order valence-electron chi connectivity index (χ4n) is 1.58. The zero-order valence-electron chi connectivity index (χ0n) is 9.68. The highest BCUT2D eigenvalue weighted by Crippen LogP contribution is 2.19. The summed E-state index contributed by atoms with van der Waals surface area (Å²) in [5, 5.41) is 5.60. The average molecular weight is 305 g/mol. The highest BCUT2D eigenvalue weighted by atomic mass is 79.9. The molecule has 0 aliphatic carbocycles. The molecule has 1 rings (SSSR count).